The molecule has 0 atom stereocenters. The lowest BCUT2D eigenvalue weighted by Crippen LogP contribution is -2.51. The summed E-state index contributed by atoms with van der Waals surface area (Å²) >= 11 is 2.19. The third-order valence-electron chi connectivity index (χ3n) is 3.29. The van der Waals surface area contributed by atoms with Crippen LogP contribution in [-0.2, 0) is 4.74 Å². The first-order valence-corrected chi connectivity index (χ1v) is 8.37. The Bertz CT molecular complexity index is 561. The van der Waals surface area contributed by atoms with Gasteiger partial charge < -0.3 is 14.5 Å². The topological polar surface area (TPSA) is 49.9 Å². The molecule has 2 amide bonds. The Morgan fingerprint density at radius 1 is 1.09 bits per heavy atom. The lowest BCUT2D eigenvalue weighted by Gasteiger charge is -2.35. The number of piperazine rings is 1. The van der Waals surface area contributed by atoms with E-state index >= 15 is 0 Å². The Morgan fingerprint density at radius 3 is 2.23 bits per heavy atom. The van der Waals surface area contributed by atoms with Crippen LogP contribution in [0.15, 0.2) is 24.3 Å². The Morgan fingerprint density at radius 2 is 1.68 bits per heavy atom. The van der Waals surface area contributed by atoms with Crippen molar-refractivity contribution in [1.82, 2.24) is 9.80 Å². The van der Waals surface area contributed by atoms with Gasteiger partial charge >= 0.3 is 6.09 Å². The summed E-state index contributed by atoms with van der Waals surface area (Å²) in [6.45, 7) is 7.62. The first kappa shape index (κ1) is 17.1. The van der Waals surface area contributed by atoms with E-state index in [0.29, 0.717) is 31.7 Å². The molecule has 1 aromatic rings. The molecule has 120 valence electrons. The van der Waals surface area contributed by atoms with Crippen molar-refractivity contribution < 1.29 is 14.3 Å². The standard InChI is InChI=1S/C16H21IN2O3/c1-16(2,3)22-15(21)19-9-7-18(8-10-19)14(20)12-5-4-6-13(17)11-12/h4-6,11H,7-10H2,1-3H3. The third kappa shape index (κ3) is 4.59. The molecule has 1 aliphatic heterocycles. The molecule has 0 spiro atoms. The Kier molecular flexibility index (Phi) is 5.31. The van der Waals surface area contributed by atoms with Gasteiger partial charge in [0.25, 0.3) is 5.91 Å². The van der Waals surface area contributed by atoms with Gasteiger partial charge in [-0.1, -0.05) is 6.07 Å². The zero-order valence-corrected chi connectivity index (χ0v) is 15.3. The minimum atomic E-state index is -0.495. The fourth-order valence-electron chi connectivity index (χ4n) is 2.22. The highest BCUT2D eigenvalue weighted by molar-refractivity contribution is 14.1. The normalized spacial score (nSPS) is 15.6. The van der Waals surface area contributed by atoms with Crippen LogP contribution >= 0.6 is 22.6 Å². The smallest absolute Gasteiger partial charge is 0.410 e. The largest absolute Gasteiger partial charge is 0.444 e. The SMILES string of the molecule is CC(C)(C)OC(=O)N1CCN(C(=O)c2cccc(I)c2)CC1. The molecular weight excluding hydrogens is 395 g/mol. The molecule has 2 rings (SSSR count). The minimum Gasteiger partial charge on any atom is -0.444 e. The Balaban J connectivity index is 1.92. The van der Waals surface area contributed by atoms with Crippen molar-refractivity contribution in [2.75, 3.05) is 26.2 Å². The number of amides is 2. The van der Waals surface area contributed by atoms with Gasteiger partial charge in [0.2, 0.25) is 0 Å². The molecule has 0 saturated carbocycles. The highest BCUT2D eigenvalue weighted by Crippen LogP contribution is 2.14. The lowest BCUT2D eigenvalue weighted by atomic mass is 10.2. The molecule has 0 unspecified atom stereocenters. The van der Waals surface area contributed by atoms with Crippen molar-refractivity contribution in [3.63, 3.8) is 0 Å². The lowest BCUT2D eigenvalue weighted by molar-refractivity contribution is 0.0141. The van der Waals surface area contributed by atoms with E-state index in [4.69, 9.17) is 4.74 Å². The second-order valence-electron chi connectivity index (χ2n) is 6.27. The third-order valence-corrected chi connectivity index (χ3v) is 3.96. The van der Waals surface area contributed by atoms with Crippen LogP contribution < -0.4 is 0 Å². The summed E-state index contributed by atoms with van der Waals surface area (Å²) in [7, 11) is 0. The molecule has 0 aromatic heterocycles. The van der Waals surface area contributed by atoms with Crippen LogP contribution in [0.5, 0.6) is 0 Å². The monoisotopic (exact) mass is 416 g/mol. The quantitative estimate of drug-likeness (QED) is 0.662. The zero-order chi connectivity index (χ0) is 16.3. The Labute approximate surface area is 144 Å². The number of ether oxygens (including phenoxy) is 1. The summed E-state index contributed by atoms with van der Waals surface area (Å²) in [5.41, 5.74) is 0.197. The maximum absolute atomic E-state index is 12.4. The van der Waals surface area contributed by atoms with E-state index in [2.05, 4.69) is 22.6 Å². The highest BCUT2D eigenvalue weighted by atomic mass is 127. The molecule has 5 nitrogen and oxygen atoms in total. The summed E-state index contributed by atoms with van der Waals surface area (Å²) in [6, 6.07) is 7.54. The van der Waals surface area contributed by atoms with Crippen LogP contribution in [0.3, 0.4) is 0 Å². The maximum atomic E-state index is 12.4. The molecule has 1 saturated heterocycles. The average Bonchev–Trinajstić information content (AvgIpc) is 2.45. The predicted molar refractivity (Wildman–Crippen MR) is 92.9 cm³/mol. The minimum absolute atomic E-state index is 0.0161. The van der Waals surface area contributed by atoms with E-state index < -0.39 is 5.60 Å². The van der Waals surface area contributed by atoms with Crippen LogP contribution in [-0.4, -0.2) is 53.6 Å². The van der Waals surface area contributed by atoms with E-state index in [9.17, 15) is 9.59 Å². The number of hydrogen-bond donors (Lipinski definition) is 0. The summed E-state index contributed by atoms with van der Waals surface area (Å²) in [6.07, 6.45) is -0.311. The van der Waals surface area contributed by atoms with Crippen LogP contribution in [0.2, 0.25) is 0 Å². The van der Waals surface area contributed by atoms with Crippen molar-refractivity contribution in [3.05, 3.63) is 33.4 Å². The number of carbonyl (C=O) groups excluding carboxylic acids is 2. The highest BCUT2D eigenvalue weighted by Gasteiger charge is 2.28. The van der Waals surface area contributed by atoms with Crippen molar-refractivity contribution in [2.45, 2.75) is 26.4 Å². The van der Waals surface area contributed by atoms with Gasteiger partial charge in [-0.25, -0.2) is 4.79 Å². The van der Waals surface area contributed by atoms with E-state index in [-0.39, 0.29) is 12.0 Å². The van der Waals surface area contributed by atoms with Crippen LogP contribution in [0.25, 0.3) is 0 Å². The van der Waals surface area contributed by atoms with Crippen molar-refractivity contribution in [1.29, 1.82) is 0 Å². The predicted octanol–water partition coefficient (Wildman–Crippen LogP) is 2.98. The number of benzene rings is 1. The van der Waals surface area contributed by atoms with Crippen molar-refractivity contribution >= 4 is 34.6 Å². The van der Waals surface area contributed by atoms with Gasteiger partial charge in [0.15, 0.2) is 0 Å². The van der Waals surface area contributed by atoms with Gasteiger partial charge in [-0.2, -0.15) is 0 Å². The van der Waals surface area contributed by atoms with Gasteiger partial charge in [0.1, 0.15) is 5.60 Å². The van der Waals surface area contributed by atoms with Crippen LogP contribution in [0, 0.1) is 3.57 Å². The second-order valence-corrected chi connectivity index (χ2v) is 7.52. The second kappa shape index (κ2) is 6.85. The molecule has 6 heteroatoms. The van der Waals surface area contributed by atoms with E-state index in [1.54, 1.807) is 9.80 Å². The van der Waals surface area contributed by atoms with Crippen LogP contribution in [0.4, 0.5) is 4.79 Å². The number of rotatable bonds is 1. The molecule has 1 aliphatic rings. The van der Waals surface area contributed by atoms with Gasteiger partial charge in [0.05, 0.1) is 0 Å². The molecule has 1 aromatic carbocycles. The average molecular weight is 416 g/mol. The first-order chi connectivity index (χ1) is 10.3. The van der Waals surface area contributed by atoms with Crippen LogP contribution in [0.1, 0.15) is 31.1 Å². The molecule has 1 heterocycles. The number of halogens is 1. The van der Waals surface area contributed by atoms with E-state index in [1.165, 1.54) is 0 Å². The van der Waals surface area contributed by atoms with Crippen molar-refractivity contribution in [2.24, 2.45) is 0 Å². The molecule has 22 heavy (non-hydrogen) atoms. The number of nitrogens with zero attached hydrogens (tertiary/aromatic N) is 2. The first-order valence-electron chi connectivity index (χ1n) is 7.29. The fraction of sp³-hybridized carbons (Fsp3) is 0.500. The molecule has 0 aliphatic carbocycles. The molecule has 1 fully saturated rings. The number of hydrogen-bond acceptors (Lipinski definition) is 3. The summed E-state index contributed by atoms with van der Waals surface area (Å²) in [4.78, 5) is 27.9. The summed E-state index contributed by atoms with van der Waals surface area (Å²) in [5, 5.41) is 0. The molecule has 0 N–H and O–H groups in total. The molecule has 0 bridgehead atoms. The Hall–Kier alpha value is -1.31. The maximum Gasteiger partial charge on any atom is 0.410 e. The van der Waals surface area contributed by atoms with Crippen molar-refractivity contribution in [3.8, 4) is 0 Å². The van der Waals surface area contributed by atoms with Gasteiger partial charge in [-0.3, -0.25) is 4.79 Å². The molecule has 0 radical (unpaired) electrons. The van der Waals surface area contributed by atoms with Gasteiger partial charge in [-0.05, 0) is 61.6 Å². The van der Waals surface area contributed by atoms with Gasteiger partial charge in [0, 0.05) is 35.3 Å². The van der Waals surface area contributed by atoms with E-state index in [0.717, 1.165) is 3.57 Å². The van der Waals surface area contributed by atoms with E-state index in [1.807, 2.05) is 45.0 Å². The summed E-state index contributed by atoms with van der Waals surface area (Å²) < 4.78 is 6.39. The zero-order valence-electron chi connectivity index (χ0n) is 13.1. The van der Waals surface area contributed by atoms with Gasteiger partial charge in [-0.15, -0.1) is 0 Å². The number of carbonyl (C=O) groups is 2. The fourth-order valence-corrected chi connectivity index (χ4v) is 2.77. The molecular formula is C16H21IN2O3. The summed E-state index contributed by atoms with van der Waals surface area (Å²) in [5.74, 6) is 0.0161.